The molecular formula is C14H24N4. The molecule has 18 heavy (non-hydrogen) atoms. The second-order valence-electron chi connectivity index (χ2n) is 6.32. The van der Waals surface area contributed by atoms with Crippen molar-refractivity contribution in [2.45, 2.75) is 34.6 Å². The summed E-state index contributed by atoms with van der Waals surface area (Å²) in [5, 5.41) is 6.55. The Hall–Kier alpha value is -1.32. The van der Waals surface area contributed by atoms with Crippen LogP contribution < -0.4 is 10.6 Å². The van der Waals surface area contributed by atoms with E-state index in [1.165, 1.54) is 0 Å². The number of nitrogens with one attached hydrogen (secondary N) is 2. The molecule has 1 aliphatic carbocycles. The molecule has 0 unspecified atom stereocenters. The zero-order chi connectivity index (χ0) is 13.6. The molecule has 0 saturated heterocycles. The topological polar surface area (TPSA) is 49.8 Å². The van der Waals surface area contributed by atoms with Crippen molar-refractivity contribution in [3.05, 3.63) is 11.9 Å². The lowest BCUT2D eigenvalue weighted by atomic mass is 10.0. The van der Waals surface area contributed by atoms with E-state index in [0.29, 0.717) is 16.7 Å². The summed E-state index contributed by atoms with van der Waals surface area (Å²) in [4.78, 5) is 8.52. The highest BCUT2D eigenvalue weighted by molar-refractivity contribution is 5.56. The van der Waals surface area contributed by atoms with Gasteiger partial charge in [-0.2, -0.15) is 0 Å². The lowest BCUT2D eigenvalue weighted by molar-refractivity contribution is 0.457. The molecule has 0 spiro atoms. The maximum atomic E-state index is 4.32. The van der Waals surface area contributed by atoms with Crippen LogP contribution in [0.5, 0.6) is 0 Å². The van der Waals surface area contributed by atoms with Gasteiger partial charge in [-0.25, -0.2) is 9.97 Å². The van der Waals surface area contributed by atoms with Crippen LogP contribution in [0.15, 0.2) is 6.33 Å². The fourth-order valence-corrected chi connectivity index (χ4v) is 2.92. The fraction of sp³-hybridized carbons (Fsp3) is 0.714. The largest absolute Gasteiger partial charge is 0.373 e. The first-order valence-electron chi connectivity index (χ1n) is 6.55. The van der Waals surface area contributed by atoms with Crippen LogP contribution in [0.3, 0.4) is 0 Å². The van der Waals surface area contributed by atoms with Gasteiger partial charge in [0.25, 0.3) is 0 Å². The average Bonchev–Trinajstić information content (AvgIpc) is 2.69. The molecule has 1 aromatic rings. The minimum Gasteiger partial charge on any atom is -0.373 e. The van der Waals surface area contributed by atoms with Gasteiger partial charge in [0, 0.05) is 19.2 Å². The zero-order valence-electron chi connectivity index (χ0n) is 12.3. The molecule has 4 nitrogen and oxygen atoms in total. The predicted octanol–water partition coefficient (Wildman–Crippen LogP) is 2.92. The van der Waals surface area contributed by atoms with Gasteiger partial charge in [-0.05, 0) is 23.7 Å². The van der Waals surface area contributed by atoms with Crippen molar-refractivity contribution < 1.29 is 0 Å². The second kappa shape index (κ2) is 4.11. The smallest absolute Gasteiger partial charge is 0.134 e. The van der Waals surface area contributed by atoms with Crippen LogP contribution in [-0.2, 0) is 0 Å². The van der Waals surface area contributed by atoms with Crippen LogP contribution in [0.1, 0.15) is 33.3 Å². The molecule has 0 radical (unpaired) electrons. The van der Waals surface area contributed by atoms with Gasteiger partial charge >= 0.3 is 0 Å². The summed E-state index contributed by atoms with van der Waals surface area (Å²) in [7, 11) is 1.88. The number of nitrogens with zero attached hydrogens (tertiary/aromatic N) is 2. The molecule has 0 amide bonds. The molecule has 1 aromatic heterocycles. The molecule has 100 valence electrons. The van der Waals surface area contributed by atoms with E-state index in [0.717, 1.165) is 23.7 Å². The first-order chi connectivity index (χ1) is 8.32. The molecule has 1 saturated carbocycles. The van der Waals surface area contributed by atoms with E-state index < -0.39 is 0 Å². The second-order valence-corrected chi connectivity index (χ2v) is 6.32. The maximum absolute atomic E-state index is 4.32. The molecule has 0 bridgehead atoms. The molecule has 2 rings (SSSR count). The third-order valence-corrected chi connectivity index (χ3v) is 5.11. The first-order valence-corrected chi connectivity index (χ1v) is 6.55. The summed E-state index contributed by atoms with van der Waals surface area (Å²) in [6.07, 6.45) is 1.60. The van der Waals surface area contributed by atoms with E-state index >= 15 is 0 Å². The van der Waals surface area contributed by atoms with E-state index in [1.54, 1.807) is 6.33 Å². The van der Waals surface area contributed by atoms with Crippen LogP contribution >= 0.6 is 0 Å². The number of anilines is 2. The quantitative estimate of drug-likeness (QED) is 0.860. The maximum Gasteiger partial charge on any atom is 0.134 e. The summed E-state index contributed by atoms with van der Waals surface area (Å²) in [6, 6.07) is 0. The Morgan fingerprint density at radius 3 is 2.17 bits per heavy atom. The Labute approximate surface area is 110 Å². The van der Waals surface area contributed by atoms with Crippen LogP contribution in [0.25, 0.3) is 0 Å². The Kier molecular flexibility index (Phi) is 2.99. The molecule has 0 aliphatic heterocycles. The first kappa shape index (κ1) is 13.1. The van der Waals surface area contributed by atoms with Crippen molar-refractivity contribution >= 4 is 11.6 Å². The van der Waals surface area contributed by atoms with E-state index in [4.69, 9.17) is 0 Å². The highest BCUT2D eigenvalue weighted by Gasteiger charge is 2.64. The van der Waals surface area contributed by atoms with Crippen molar-refractivity contribution in [1.29, 1.82) is 0 Å². The Bertz CT molecular complexity index is 437. The minimum atomic E-state index is 0.409. The van der Waals surface area contributed by atoms with Crippen LogP contribution in [0.4, 0.5) is 11.6 Å². The molecular weight excluding hydrogens is 224 g/mol. The number of rotatable bonds is 4. The fourth-order valence-electron chi connectivity index (χ4n) is 2.92. The molecule has 0 atom stereocenters. The predicted molar refractivity (Wildman–Crippen MR) is 75.9 cm³/mol. The summed E-state index contributed by atoms with van der Waals surface area (Å²) in [5.74, 6) is 2.52. The van der Waals surface area contributed by atoms with Crippen LogP contribution in [0, 0.1) is 23.7 Å². The van der Waals surface area contributed by atoms with Gasteiger partial charge in [0.2, 0.25) is 0 Å². The Morgan fingerprint density at radius 1 is 1.11 bits per heavy atom. The van der Waals surface area contributed by atoms with Crippen molar-refractivity contribution in [3.8, 4) is 0 Å². The zero-order valence-corrected chi connectivity index (χ0v) is 12.3. The lowest BCUT2D eigenvalue weighted by Crippen LogP contribution is -2.11. The van der Waals surface area contributed by atoms with Gasteiger partial charge in [0.05, 0.1) is 0 Å². The van der Waals surface area contributed by atoms with E-state index in [2.05, 4.69) is 48.3 Å². The highest BCUT2D eigenvalue weighted by atomic mass is 15.1. The van der Waals surface area contributed by atoms with E-state index in [9.17, 15) is 0 Å². The summed E-state index contributed by atoms with van der Waals surface area (Å²) in [5.41, 5.74) is 1.90. The van der Waals surface area contributed by atoms with Crippen LogP contribution in [-0.4, -0.2) is 23.6 Å². The van der Waals surface area contributed by atoms with Gasteiger partial charge in [-0.1, -0.05) is 27.7 Å². The van der Waals surface area contributed by atoms with Gasteiger partial charge in [0.1, 0.15) is 18.0 Å². The summed E-state index contributed by atoms with van der Waals surface area (Å²) >= 11 is 0. The van der Waals surface area contributed by atoms with Gasteiger partial charge in [0.15, 0.2) is 0 Å². The number of hydrogen-bond acceptors (Lipinski definition) is 4. The highest BCUT2D eigenvalue weighted by Crippen LogP contribution is 2.68. The molecule has 1 fully saturated rings. The van der Waals surface area contributed by atoms with Crippen molar-refractivity contribution in [2.75, 3.05) is 24.2 Å². The van der Waals surface area contributed by atoms with Crippen molar-refractivity contribution in [2.24, 2.45) is 16.7 Å². The SMILES string of the molecule is CNc1ncnc(NCC2C(C)(C)C2(C)C)c1C. The summed E-state index contributed by atoms with van der Waals surface area (Å²) in [6.45, 7) is 12.4. The standard InChI is InChI=1S/C14H24N4/c1-9-11(15-6)17-8-18-12(9)16-7-10-13(2,3)14(10,4)5/h8,10H,7H2,1-6H3,(H2,15,16,17,18). The number of aromatic nitrogens is 2. The summed E-state index contributed by atoms with van der Waals surface area (Å²) < 4.78 is 0. The van der Waals surface area contributed by atoms with E-state index in [-0.39, 0.29) is 0 Å². The molecule has 2 N–H and O–H groups in total. The third-order valence-electron chi connectivity index (χ3n) is 5.11. The molecule has 1 heterocycles. The Balaban J connectivity index is 2.05. The molecule has 1 aliphatic rings. The van der Waals surface area contributed by atoms with Crippen molar-refractivity contribution in [3.63, 3.8) is 0 Å². The van der Waals surface area contributed by atoms with Crippen molar-refractivity contribution in [1.82, 2.24) is 9.97 Å². The monoisotopic (exact) mass is 248 g/mol. The van der Waals surface area contributed by atoms with Gasteiger partial charge in [-0.15, -0.1) is 0 Å². The third kappa shape index (κ3) is 1.84. The molecule has 4 heteroatoms. The normalized spacial score (nSPS) is 20.6. The Morgan fingerprint density at radius 2 is 1.67 bits per heavy atom. The van der Waals surface area contributed by atoms with E-state index in [1.807, 2.05) is 14.0 Å². The molecule has 0 aromatic carbocycles. The average molecular weight is 248 g/mol. The minimum absolute atomic E-state index is 0.409. The van der Waals surface area contributed by atoms with Gasteiger partial charge < -0.3 is 10.6 Å². The number of hydrogen-bond donors (Lipinski definition) is 2. The lowest BCUT2D eigenvalue weighted by Gasteiger charge is -2.11. The van der Waals surface area contributed by atoms with Gasteiger partial charge in [-0.3, -0.25) is 0 Å². The van der Waals surface area contributed by atoms with Crippen LogP contribution in [0.2, 0.25) is 0 Å².